The van der Waals surface area contributed by atoms with Crippen LogP contribution in [0.1, 0.15) is 57.8 Å². The van der Waals surface area contributed by atoms with E-state index in [0.29, 0.717) is 24.5 Å². The van der Waals surface area contributed by atoms with E-state index in [9.17, 15) is 18.0 Å². The Morgan fingerprint density at radius 3 is 2.21 bits per heavy atom. The van der Waals surface area contributed by atoms with Crippen molar-refractivity contribution >= 4 is 18.5 Å². The number of alkyl halides is 3. The van der Waals surface area contributed by atoms with Crippen molar-refractivity contribution in [1.29, 1.82) is 0 Å². The van der Waals surface area contributed by atoms with Gasteiger partial charge >= 0.3 is 13.5 Å². The molecule has 5 nitrogen and oxygen atoms in total. The highest BCUT2D eigenvalue weighted by molar-refractivity contribution is 6.62. The van der Waals surface area contributed by atoms with Gasteiger partial charge in [-0.05, 0) is 64.1 Å². The van der Waals surface area contributed by atoms with E-state index in [4.69, 9.17) is 9.31 Å². The average molecular weight is 413 g/mol. The first-order chi connectivity index (χ1) is 13.3. The molecule has 1 aromatic rings. The molecule has 160 valence electrons. The van der Waals surface area contributed by atoms with Gasteiger partial charge in [-0.25, -0.2) is 0 Å². The van der Waals surface area contributed by atoms with Crippen LogP contribution >= 0.6 is 0 Å². The van der Waals surface area contributed by atoms with Crippen molar-refractivity contribution in [3.63, 3.8) is 0 Å². The van der Waals surface area contributed by atoms with Crippen molar-refractivity contribution in [3.05, 3.63) is 23.8 Å². The zero-order valence-corrected chi connectivity index (χ0v) is 17.4. The SMILES string of the molecule is CC1CCN(C(=O)c2ccc(B3OC(C)(C)C(C)(C)O3)cc2OC(F)(F)F)CC1. The number of halogens is 3. The van der Waals surface area contributed by atoms with Gasteiger partial charge in [0.15, 0.2) is 0 Å². The van der Waals surface area contributed by atoms with Gasteiger partial charge in [-0.3, -0.25) is 4.79 Å². The maximum Gasteiger partial charge on any atom is 0.573 e. The molecule has 2 fully saturated rings. The number of benzene rings is 1. The Kier molecular flexibility index (Phi) is 5.68. The minimum absolute atomic E-state index is 0.114. The second-order valence-corrected chi connectivity index (χ2v) is 8.87. The summed E-state index contributed by atoms with van der Waals surface area (Å²) in [6.45, 7) is 10.6. The number of carbonyl (C=O) groups excluding carboxylic acids is 1. The number of nitrogens with zero attached hydrogens (tertiary/aromatic N) is 1. The minimum atomic E-state index is -4.92. The predicted octanol–water partition coefficient (Wildman–Crippen LogP) is 3.76. The molecule has 0 saturated carbocycles. The summed E-state index contributed by atoms with van der Waals surface area (Å²) in [6.07, 6.45) is -3.26. The molecule has 2 aliphatic heterocycles. The van der Waals surface area contributed by atoms with Crippen LogP contribution in [0.3, 0.4) is 0 Å². The third kappa shape index (κ3) is 4.72. The lowest BCUT2D eigenvalue weighted by Gasteiger charge is -2.32. The van der Waals surface area contributed by atoms with E-state index in [1.807, 2.05) is 27.7 Å². The van der Waals surface area contributed by atoms with Crippen LogP contribution < -0.4 is 10.2 Å². The van der Waals surface area contributed by atoms with Crippen molar-refractivity contribution in [2.45, 2.75) is 65.0 Å². The zero-order valence-electron chi connectivity index (χ0n) is 17.4. The van der Waals surface area contributed by atoms with Crippen LogP contribution in [-0.4, -0.2) is 48.6 Å². The highest BCUT2D eigenvalue weighted by Crippen LogP contribution is 2.37. The zero-order chi connectivity index (χ0) is 21.6. The highest BCUT2D eigenvalue weighted by Gasteiger charge is 2.52. The fraction of sp³-hybridized carbons (Fsp3) is 0.650. The number of carbonyl (C=O) groups is 1. The molecule has 9 heteroatoms. The first-order valence-corrected chi connectivity index (χ1v) is 9.84. The topological polar surface area (TPSA) is 48.0 Å². The molecule has 0 bridgehead atoms. The Balaban J connectivity index is 1.91. The number of likely N-dealkylation sites (tertiary alicyclic amines) is 1. The van der Waals surface area contributed by atoms with Gasteiger partial charge in [0.25, 0.3) is 5.91 Å². The molecule has 0 aromatic heterocycles. The molecule has 1 amide bonds. The van der Waals surface area contributed by atoms with Crippen LogP contribution in [0.4, 0.5) is 13.2 Å². The molecule has 0 aliphatic carbocycles. The van der Waals surface area contributed by atoms with Gasteiger partial charge in [0.2, 0.25) is 0 Å². The third-order valence-corrected chi connectivity index (χ3v) is 6.06. The fourth-order valence-electron chi connectivity index (χ4n) is 3.43. The summed E-state index contributed by atoms with van der Waals surface area (Å²) in [5, 5.41) is 0. The molecule has 0 spiro atoms. The third-order valence-electron chi connectivity index (χ3n) is 6.06. The Bertz CT molecular complexity index is 757. The van der Waals surface area contributed by atoms with Gasteiger partial charge in [0.1, 0.15) is 5.75 Å². The van der Waals surface area contributed by atoms with Crippen LogP contribution in [0, 0.1) is 5.92 Å². The van der Waals surface area contributed by atoms with Crippen molar-refractivity contribution in [3.8, 4) is 5.75 Å². The molecule has 0 N–H and O–H groups in total. The van der Waals surface area contributed by atoms with E-state index < -0.39 is 36.3 Å². The Morgan fingerprint density at radius 2 is 1.69 bits per heavy atom. The Morgan fingerprint density at radius 1 is 1.14 bits per heavy atom. The predicted molar refractivity (Wildman–Crippen MR) is 103 cm³/mol. The lowest BCUT2D eigenvalue weighted by molar-refractivity contribution is -0.274. The number of piperidine rings is 1. The maximum atomic E-state index is 13.0. The van der Waals surface area contributed by atoms with Crippen LogP contribution in [0.15, 0.2) is 18.2 Å². The molecule has 29 heavy (non-hydrogen) atoms. The van der Waals surface area contributed by atoms with E-state index in [-0.39, 0.29) is 5.56 Å². The summed E-state index contributed by atoms with van der Waals surface area (Å²) in [5.74, 6) is -0.499. The van der Waals surface area contributed by atoms with Crippen molar-refractivity contribution < 1.29 is 32.0 Å². The summed E-state index contributed by atoms with van der Waals surface area (Å²) in [4.78, 5) is 14.4. The molecule has 0 unspecified atom stereocenters. The van der Waals surface area contributed by atoms with Gasteiger partial charge in [0, 0.05) is 13.1 Å². The number of hydrogen-bond acceptors (Lipinski definition) is 4. The van der Waals surface area contributed by atoms with Gasteiger partial charge in [-0.2, -0.15) is 0 Å². The van der Waals surface area contributed by atoms with Gasteiger partial charge < -0.3 is 18.9 Å². The summed E-state index contributed by atoms with van der Waals surface area (Å²) in [7, 11) is -0.851. The molecule has 2 heterocycles. The summed E-state index contributed by atoms with van der Waals surface area (Å²) in [5.41, 5.74) is -1.02. The van der Waals surface area contributed by atoms with Gasteiger partial charge in [0.05, 0.1) is 16.8 Å². The van der Waals surface area contributed by atoms with E-state index in [1.165, 1.54) is 12.1 Å². The largest absolute Gasteiger partial charge is 0.573 e. The van der Waals surface area contributed by atoms with Crippen LogP contribution in [-0.2, 0) is 9.31 Å². The van der Waals surface area contributed by atoms with Gasteiger partial charge in [-0.1, -0.05) is 13.0 Å². The lowest BCUT2D eigenvalue weighted by Crippen LogP contribution is -2.41. The van der Waals surface area contributed by atoms with E-state index in [2.05, 4.69) is 11.7 Å². The Labute approximate surface area is 169 Å². The summed E-state index contributed by atoms with van der Waals surface area (Å²) < 4.78 is 55.1. The van der Waals surface area contributed by atoms with Crippen LogP contribution in [0.25, 0.3) is 0 Å². The molecule has 1 aromatic carbocycles. The molecular weight excluding hydrogens is 386 g/mol. The lowest BCUT2D eigenvalue weighted by atomic mass is 9.78. The smallest absolute Gasteiger partial charge is 0.405 e. The second kappa shape index (κ2) is 7.50. The molecule has 2 saturated heterocycles. The Hall–Kier alpha value is -1.74. The normalized spacial score (nSPS) is 22.1. The number of rotatable bonds is 3. The molecule has 2 aliphatic rings. The molecule has 0 atom stereocenters. The number of amides is 1. The first-order valence-electron chi connectivity index (χ1n) is 9.84. The van der Waals surface area contributed by atoms with E-state index in [0.717, 1.165) is 12.8 Å². The first kappa shape index (κ1) is 22.0. The van der Waals surface area contributed by atoms with E-state index in [1.54, 1.807) is 11.0 Å². The van der Waals surface area contributed by atoms with Crippen molar-refractivity contribution in [1.82, 2.24) is 4.90 Å². The van der Waals surface area contributed by atoms with Crippen LogP contribution in [0.2, 0.25) is 0 Å². The van der Waals surface area contributed by atoms with Crippen molar-refractivity contribution in [2.24, 2.45) is 5.92 Å². The average Bonchev–Trinajstić information content (AvgIpc) is 2.81. The summed E-state index contributed by atoms with van der Waals surface area (Å²) in [6, 6.07) is 4.11. The minimum Gasteiger partial charge on any atom is -0.405 e. The van der Waals surface area contributed by atoms with Crippen molar-refractivity contribution in [2.75, 3.05) is 13.1 Å². The van der Waals surface area contributed by atoms with Gasteiger partial charge in [-0.15, -0.1) is 13.2 Å². The highest BCUT2D eigenvalue weighted by atomic mass is 19.4. The monoisotopic (exact) mass is 413 g/mol. The number of ether oxygens (including phenoxy) is 1. The number of hydrogen-bond donors (Lipinski definition) is 0. The maximum absolute atomic E-state index is 13.0. The summed E-state index contributed by atoms with van der Waals surface area (Å²) >= 11 is 0. The molecular formula is C20H27BF3NO4. The quantitative estimate of drug-likeness (QED) is 0.709. The molecule has 3 rings (SSSR count). The standard InChI is InChI=1S/C20H27BF3NO4/c1-13-8-10-25(11-9-13)17(26)15-7-6-14(12-16(15)27-20(22,23)24)21-28-18(2,3)19(4,5)29-21/h6-7,12-13H,8-11H2,1-5H3. The molecule has 0 radical (unpaired) electrons. The fourth-order valence-corrected chi connectivity index (χ4v) is 3.43. The van der Waals surface area contributed by atoms with E-state index >= 15 is 0 Å². The van der Waals surface area contributed by atoms with Crippen LogP contribution in [0.5, 0.6) is 5.75 Å². The second-order valence-electron chi connectivity index (χ2n) is 8.87.